The maximum absolute atomic E-state index is 6.16. The Kier molecular flexibility index (Phi) is 6.54. The van der Waals surface area contributed by atoms with Gasteiger partial charge in [0.1, 0.15) is 0 Å². The molecule has 0 saturated carbocycles. The molecule has 0 radical (unpaired) electrons. The van der Waals surface area contributed by atoms with Crippen molar-refractivity contribution in [2.45, 2.75) is 64.3 Å². The van der Waals surface area contributed by atoms with Crippen molar-refractivity contribution in [2.75, 3.05) is 11.4 Å². The van der Waals surface area contributed by atoms with Crippen LogP contribution in [0.1, 0.15) is 74.0 Å². The quantitative estimate of drug-likeness (QED) is 0.371. The first-order valence-electron chi connectivity index (χ1n) is 12.4. The van der Waals surface area contributed by atoms with Crippen molar-refractivity contribution < 1.29 is 0 Å². The third-order valence-corrected chi connectivity index (χ3v) is 6.93. The third kappa shape index (κ3) is 4.40. The van der Waals surface area contributed by atoms with Gasteiger partial charge in [-0.2, -0.15) is 5.10 Å². The molecule has 176 valence electrons. The Balaban J connectivity index is 1.33. The number of aromatic amines is 1. The van der Waals surface area contributed by atoms with E-state index in [1.165, 1.54) is 11.1 Å². The molecule has 34 heavy (non-hydrogen) atoms. The lowest BCUT2D eigenvalue weighted by atomic mass is 9.92. The number of nitrogens with zero attached hydrogens (tertiary/aromatic N) is 5. The van der Waals surface area contributed by atoms with Crippen molar-refractivity contribution >= 4 is 22.7 Å². The highest BCUT2D eigenvalue weighted by Crippen LogP contribution is 2.34. The number of rotatable bonds is 8. The van der Waals surface area contributed by atoms with E-state index in [1.807, 2.05) is 18.5 Å². The van der Waals surface area contributed by atoms with Crippen LogP contribution in [0, 0.1) is 0 Å². The van der Waals surface area contributed by atoms with Gasteiger partial charge < -0.3 is 10.6 Å². The fourth-order valence-corrected chi connectivity index (χ4v) is 5.11. The van der Waals surface area contributed by atoms with Crippen LogP contribution < -0.4 is 10.6 Å². The minimum atomic E-state index is 0.0590. The lowest BCUT2D eigenvalue weighted by Crippen LogP contribution is -2.25. The highest BCUT2D eigenvalue weighted by atomic mass is 15.3. The van der Waals surface area contributed by atoms with Crippen molar-refractivity contribution in [3.8, 4) is 0 Å². The van der Waals surface area contributed by atoms with Crippen LogP contribution >= 0.6 is 0 Å². The Labute approximate surface area is 200 Å². The molecule has 0 amide bonds. The summed E-state index contributed by atoms with van der Waals surface area (Å²) >= 11 is 0. The van der Waals surface area contributed by atoms with Gasteiger partial charge in [0.25, 0.3) is 0 Å². The summed E-state index contributed by atoms with van der Waals surface area (Å²) in [5.41, 5.74) is 13.6. The molecule has 7 nitrogen and oxygen atoms in total. The molecule has 1 aliphatic rings. The van der Waals surface area contributed by atoms with Crippen molar-refractivity contribution in [2.24, 2.45) is 5.73 Å². The summed E-state index contributed by atoms with van der Waals surface area (Å²) in [6.45, 7) is 5.18. The molecule has 5 rings (SSSR count). The molecule has 1 unspecified atom stereocenters. The summed E-state index contributed by atoms with van der Waals surface area (Å²) in [5.74, 6) is 1.20. The Hall–Kier alpha value is -3.32. The van der Waals surface area contributed by atoms with Gasteiger partial charge in [-0.3, -0.25) is 10.1 Å². The fraction of sp³-hybridized carbons (Fsp3) is 0.407. The normalized spacial score (nSPS) is 15.3. The molecular weight excluding hydrogens is 422 g/mol. The van der Waals surface area contributed by atoms with Gasteiger partial charge >= 0.3 is 0 Å². The Bertz CT molecular complexity index is 1260. The number of fused-ring (bicyclic) bond motifs is 2. The zero-order valence-electron chi connectivity index (χ0n) is 20.0. The predicted molar refractivity (Wildman–Crippen MR) is 136 cm³/mol. The smallest absolute Gasteiger partial charge is 0.183 e. The standard InChI is InChI=1S/C27H33N7/c1-3-19(10-6-11-20-9-4-5-12-21(20)18(2)28)23-17-30-25-26(31-23)32-33-27(25)34-16-8-13-22-24(34)14-7-15-29-22/h4-5,7,9,12,14-15,17-19H,3,6,8,10-11,13,16,28H2,1-2H3,(H,31,32,33)/t18?,19-/m0/s1. The van der Waals surface area contributed by atoms with Crippen LogP contribution in [0.5, 0.6) is 0 Å². The molecule has 1 aromatic carbocycles. The van der Waals surface area contributed by atoms with E-state index in [4.69, 9.17) is 15.7 Å². The third-order valence-electron chi connectivity index (χ3n) is 6.93. The number of H-pyrrole nitrogens is 1. The summed E-state index contributed by atoms with van der Waals surface area (Å²) in [5, 5.41) is 7.75. The highest BCUT2D eigenvalue weighted by Gasteiger charge is 2.24. The molecule has 3 aromatic heterocycles. The Morgan fingerprint density at radius 1 is 1.15 bits per heavy atom. The van der Waals surface area contributed by atoms with Crippen LogP contribution in [0.4, 0.5) is 11.5 Å². The molecule has 0 saturated heterocycles. The number of nitrogens with two attached hydrogens (primary N) is 1. The summed E-state index contributed by atoms with van der Waals surface area (Å²) in [6, 6.07) is 12.7. The van der Waals surface area contributed by atoms with Gasteiger partial charge in [0.05, 0.1) is 17.1 Å². The predicted octanol–water partition coefficient (Wildman–Crippen LogP) is 5.37. The van der Waals surface area contributed by atoms with Crippen molar-refractivity contribution in [1.29, 1.82) is 0 Å². The van der Waals surface area contributed by atoms with E-state index in [0.717, 1.165) is 79.1 Å². The second kappa shape index (κ2) is 9.89. The summed E-state index contributed by atoms with van der Waals surface area (Å²) in [7, 11) is 0. The average Bonchev–Trinajstić information content (AvgIpc) is 3.29. The van der Waals surface area contributed by atoms with Gasteiger partial charge in [-0.1, -0.05) is 31.2 Å². The first-order chi connectivity index (χ1) is 16.7. The fourth-order valence-electron chi connectivity index (χ4n) is 5.11. The first-order valence-corrected chi connectivity index (χ1v) is 12.4. The Morgan fingerprint density at radius 2 is 2.03 bits per heavy atom. The van der Waals surface area contributed by atoms with Gasteiger partial charge in [-0.05, 0) is 68.7 Å². The topological polar surface area (TPSA) is 96.6 Å². The van der Waals surface area contributed by atoms with E-state index in [1.54, 1.807) is 0 Å². The molecule has 4 heterocycles. The van der Waals surface area contributed by atoms with Gasteiger partial charge in [0.2, 0.25) is 0 Å². The molecule has 0 bridgehead atoms. The zero-order chi connectivity index (χ0) is 23.5. The van der Waals surface area contributed by atoms with Crippen LogP contribution in [0.15, 0.2) is 48.8 Å². The molecule has 0 spiro atoms. The number of benzene rings is 1. The summed E-state index contributed by atoms with van der Waals surface area (Å²) in [6.07, 6.45) is 10.1. The van der Waals surface area contributed by atoms with E-state index in [-0.39, 0.29) is 6.04 Å². The van der Waals surface area contributed by atoms with E-state index in [0.29, 0.717) is 5.92 Å². The van der Waals surface area contributed by atoms with Gasteiger partial charge in [-0.15, -0.1) is 0 Å². The van der Waals surface area contributed by atoms with Crippen LogP contribution in [0.3, 0.4) is 0 Å². The average molecular weight is 456 g/mol. The van der Waals surface area contributed by atoms with E-state index in [2.05, 4.69) is 64.3 Å². The van der Waals surface area contributed by atoms with Crippen molar-refractivity contribution in [3.05, 3.63) is 71.3 Å². The largest absolute Gasteiger partial charge is 0.324 e. The SMILES string of the molecule is CC[C@@H](CCCc1ccccc1C(C)N)c1cnc2c(N3CCCc4ncccc43)n[nH]c2n1. The number of aromatic nitrogens is 5. The van der Waals surface area contributed by atoms with E-state index >= 15 is 0 Å². The number of nitrogens with one attached hydrogen (secondary N) is 1. The lowest BCUT2D eigenvalue weighted by Gasteiger charge is -2.28. The molecule has 4 aromatic rings. The van der Waals surface area contributed by atoms with Gasteiger partial charge in [-0.25, -0.2) is 9.97 Å². The summed E-state index contributed by atoms with van der Waals surface area (Å²) in [4.78, 5) is 16.5. The van der Waals surface area contributed by atoms with Crippen molar-refractivity contribution in [3.63, 3.8) is 0 Å². The number of anilines is 2. The highest BCUT2D eigenvalue weighted by molar-refractivity contribution is 5.86. The van der Waals surface area contributed by atoms with Crippen molar-refractivity contribution in [1.82, 2.24) is 25.1 Å². The van der Waals surface area contributed by atoms with Gasteiger partial charge in [0.15, 0.2) is 17.0 Å². The molecule has 2 atom stereocenters. The minimum absolute atomic E-state index is 0.0590. The zero-order valence-corrected chi connectivity index (χ0v) is 20.0. The molecule has 1 aliphatic heterocycles. The van der Waals surface area contributed by atoms with Gasteiger partial charge in [0, 0.05) is 30.9 Å². The van der Waals surface area contributed by atoms with Crippen LogP contribution in [-0.2, 0) is 12.8 Å². The molecular formula is C27H33N7. The second-order valence-corrected chi connectivity index (χ2v) is 9.25. The molecule has 0 fully saturated rings. The van der Waals surface area contributed by atoms with Crippen LogP contribution in [0.2, 0.25) is 0 Å². The van der Waals surface area contributed by atoms with Crippen LogP contribution in [-0.4, -0.2) is 31.7 Å². The van der Waals surface area contributed by atoms with E-state index in [9.17, 15) is 0 Å². The molecule has 0 aliphatic carbocycles. The maximum Gasteiger partial charge on any atom is 0.183 e. The van der Waals surface area contributed by atoms with E-state index < -0.39 is 0 Å². The maximum atomic E-state index is 6.16. The number of hydrogen-bond acceptors (Lipinski definition) is 6. The number of pyridine rings is 1. The lowest BCUT2D eigenvalue weighted by molar-refractivity contribution is 0.561. The number of hydrogen-bond donors (Lipinski definition) is 2. The summed E-state index contributed by atoms with van der Waals surface area (Å²) < 4.78 is 0. The monoisotopic (exact) mass is 455 g/mol. The number of aryl methyl sites for hydroxylation is 2. The second-order valence-electron chi connectivity index (χ2n) is 9.25. The molecule has 7 heteroatoms. The molecule has 3 N–H and O–H groups in total. The Morgan fingerprint density at radius 3 is 2.88 bits per heavy atom. The first kappa shape index (κ1) is 22.5. The minimum Gasteiger partial charge on any atom is -0.324 e. The van der Waals surface area contributed by atoms with Crippen LogP contribution in [0.25, 0.3) is 11.2 Å².